The van der Waals surface area contributed by atoms with Crippen molar-refractivity contribution >= 4 is 17.7 Å². The van der Waals surface area contributed by atoms with Gasteiger partial charge < -0.3 is 15.4 Å². The first-order valence-electron chi connectivity index (χ1n) is 11.1. The van der Waals surface area contributed by atoms with E-state index in [4.69, 9.17) is 16.3 Å². The van der Waals surface area contributed by atoms with Gasteiger partial charge in [0.2, 0.25) is 0 Å². The van der Waals surface area contributed by atoms with Crippen molar-refractivity contribution < 1.29 is 9.53 Å². The molecule has 2 aliphatic rings. The number of benzene rings is 1. The molecule has 4 rings (SSSR count). The van der Waals surface area contributed by atoms with Gasteiger partial charge in [-0.15, -0.1) is 0 Å². The highest BCUT2D eigenvalue weighted by molar-refractivity contribution is 6.30. The fourth-order valence-electron chi connectivity index (χ4n) is 3.57. The summed E-state index contributed by atoms with van der Waals surface area (Å²) in [6, 6.07) is 10.5. The van der Waals surface area contributed by atoms with Crippen LogP contribution in [-0.4, -0.2) is 58.1 Å². The van der Waals surface area contributed by atoms with Crippen molar-refractivity contribution in [1.82, 2.24) is 19.8 Å². The molecule has 7 nitrogen and oxygen atoms in total. The van der Waals surface area contributed by atoms with Gasteiger partial charge in [0.25, 0.3) is 0 Å². The molecule has 0 atom stereocenters. The Morgan fingerprint density at radius 2 is 1.75 bits per heavy atom. The summed E-state index contributed by atoms with van der Waals surface area (Å²) in [7, 11) is 1.50. The van der Waals surface area contributed by atoms with E-state index in [0.29, 0.717) is 5.15 Å². The van der Waals surface area contributed by atoms with Crippen LogP contribution in [-0.2, 0) is 24.2 Å². The van der Waals surface area contributed by atoms with Crippen molar-refractivity contribution in [1.29, 1.82) is 0 Å². The number of nitrogens with two attached hydrogens (primary N) is 1. The van der Waals surface area contributed by atoms with E-state index in [2.05, 4.69) is 44.9 Å². The van der Waals surface area contributed by atoms with Crippen LogP contribution >= 0.6 is 11.6 Å². The van der Waals surface area contributed by atoms with E-state index in [1.807, 2.05) is 26.8 Å². The van der Waals surface area contributed by atoms with E-state index in [0.717, 1.165) is 63.2 Å². The molecule has 2 N–H and O–H groups in total. The van der Waals surface area contributed by atoms with Crippen LogP contribution in [0.3, 0.4) is 0 Å². The smallest absolute Gasteiger partial charge is 0.410 e. The number of hydrogen-bond donors (Lipinski definition) is 1. The molecule has 0 radical (unpaired) electrons. The molecule has 0 bridgehead atoms. The van der Waals surface area contributed by atoms with E-state index in [1.165, 1.54) is 12.6 Å². The summed E-state index contributed by atoms with van der Waals surface area (Å²) < 4.78 is 5.21. The Morgan fingerprint density at radius 3 is 2.38 bits per heavy atom. The topological polar surface area (TPSA) is 84.6 Å². The Kier molecular flexibility index (Phi) is 10.4. The number of carbonyl (C=O) groups is 1. The molecule has 32 heavy (non-hydrogen) atoms. The second kappa shape index (κ2) is 12.7. The van der Waals surface area contributed by atoms with Crippen LogP contribution in [0.1, 0.15) is 50.4 Å². The molecule has 0 spiro atoms. The van der Waals surface area contributed by atoms with Crippen molar-refractivity contribution in [3.63, 3.8) is 0 Å². The highest BCUT2D eigenvalue weighted by Gasteiger charge is 2.24. The standard InChI is InChI=1S/C14H14ClN3.C9H17NO2.CH5N/c15-14-12-9-18(7-6-13(12)16-10-17-14)8-11-4-2-1-3-5-11;1-9(2,3)12-8(11)10-6-4-5-7-10;1-2/h1-5,10H,6-9H2;4-7H2,1-3H3;2H2,1H3. The summed E-state index contributed by atoms with van der Waals surface area (Å²) in [6.45, 7) is 10.2. The summed E-state index contributed by atoms with van der Waals surface area (Å²) in [5, 5.41) is 0.595. The molecule has 8 heteroatoms. The zero-order valence-corrected chi connectivity index (χ0v) is 20.4. The first-order chi connectivity index (χ1) is 15.3. The zero-order valence-electron chi connectivity index (χ0n) is 19.7. The number of amides is 1. The Balaban J connectivity index is 0.000000227. The minimum atomic E-state index is -0.361. The van der Waals surface area contributed by atoms with Gasteiger partial charge in [0, 0.05) is 44.7 Å². The van der Waals surface area contributed by atoms with Gasteiger partial charge in [0.05, 0.1) is 5.69 Å². The molecule has 2 aromatic rings. The van der Waals surface area contributed by atoms with Crippen LogP contribution in [0.5, 0.6) is 0 Å². The maximum atomic E-state index is 11.4. The van der Waals surface area contributed by atoms with Gasteiger partial charge >= 0.3 is 6.09 Å². The number of carbonyl (C=O) groups excluding carboxylic acids is 1. The lowest BCUT2D eigenvalue weighted by Gasteiger charge is -2.28. The van der Waals surface area contributed by atoms with Gasteiger partial charge in [-0.25, -0.2) is 14.8 Å². The van der Waals surface area contributed by atoms with E-state index in [9.17, 15) is 4.79 Å². The molecular formula is C24H36ClN5O2. The first kappa shape index (κ1) is 26.0. The van der Waals surface area contributed by atoms with Crippen LogP contribution in [0.4, 0.5) is 4.79 Å². The number of aromatic nitrogens is 2. The number of ether oxygens (including phenoxy) is 1. The molecule has 0 saturated carbocycles. The third kappa shape index (κ3) is 8.37. The van der Waals surface area contributed by atoms with E-state index in [-0.39, 0.29) is 11.7 Å². The van der Waals surface area contributed by atoms with Gasteiger partial charge in [-0.05, 0) is 46.2 Å². The van der Waals surface area contributed by atoms with Crippen molar-refractivity contribution in [3.8, 4) is 0 Å². The monoisotopic (exact) mass is 461 g/mol. The molecule has 3 heterocycles. The average Bonchev–Trinajstić information content (AvgIpc) is 3.31. The predicted octanol–water partition coefficient (Wildman–Crippen LogP) is 4.28. The van der Waals surface area contributed by atoms with Crippen LogP contribution in [0.25, 0.3) is 0 Å². The summed E-state index contributed by atoms with van der Waals surface area (Å²) in [5.41, 5.74) is 7.65. The van der Waals surface area contributed by atoms with Crippen LogP contribution < -0.4 is 5.73 Å². The largest absolute Gasteiger partial charge is 0.444 e. The maximum absolute atomic E-state index is 11.4. The lowest BCUT2D eigenvalue weighted by Crippen LogP contribution is -2.34. The molecule has 0 aliphatic carbocycles. The zero-order chi connectivity index (χ0) is 23.6. The van der Waals surface area contributed by atoms with Crippen LogP contribution in [0.2, 0.25) is 5.15 Å². The molecule has 1 saturated heterocycles. The number of halogens is 1. The number of fused-ring (bicyclic) bond motifs is 1. The minimum Gasteiger partial charge on any atom is -0.444 e. The molecule has 1 aromatic heterocycles. The van der Waals surface area contributed by atoms with Crippen molar-refractivity contribution in [2.45, 2.75) is 58.7 Å². The van der Waals surface area contributed by atoms with Gasteiger partial charge in [-0.2, -0.15) is 0 Å². The van der Waals surface area contributed by atoms with E-state index in [1.54, 1.807) is 11.2 Å². The molecule has 2 aliphatic heterocycles. The number of rotatable bonds is 2. The van der Waals surface area contributed by atoms with Gasteiger partial charge in [0.1, 0.15) is 17.1 Å². The van der Waals surface area contributed by atoms with E-state index < -0.39 is 0 Å². The Bertz CT molecular complexity index is 836. The summed E-state index contributed by atoms with van der Waals surface area (Å²) >= 11 is 6.13. The molecule has 1 aromatic carbocycles. The summed E-state index contributed by atoms with van der Waals surface area (Å²) in [4.78, 5) is 23.9. The Labute approximate surface area is 196 Å². The molecule has 1 fully saturated rings. The molecule has 1 amide bonds. The third-order valence-electron chi connectivity index (χ3n) is 5.04. The summed E-state index contributed by atoms with van der Waals surface area (Å²) in [6.07, 6.45) is 4.55. The predicted molar refractivity (Wildman–Crippen MR) is 128 cm³/mol. The maximum Gasteiger partial charge on any atom is 0.410 e. The van der Waals surface area contributed by atoms with Gasteiger partial charge in [-0.3, -0.25) is 4.90 Å². The Morgan fingerprint density at radius 1 is 1.09 bits per heavy atom. The highest BCUT2D eigenvalue weighted by atomic mass is 35.5. The number of nitrogens with zero attached hydrogens (tertiary/aromatic N) is 4. The van der Waals surface area contributed by atoms with Crippen molar-refractivity contribution in [3.05, 3.63) is 58.6 Å². The third-order valence-corrected chi connectivity index (χ3v) is 5.36. The minimum absolute atomic E-state index is 0.167. The first-order valence-corrected chi connectivity index (χ1v) is 11.5. The van der Waals surface area contributed by atoms with Crippen molar-refractivity contribution in [2.24, 2.45) is 5.73 Å². The fourth-order valence-corrected chi connectivity index (χ4v) is 3.78. The molecule has 176 valence electrons. The second-order valence-corrected chi connectivity index (χ2v) is 9.07. The van der Waals surface area contributed by atoms with E-state index >= 15 is 0 Å². The highest BCUT2D eigenvalue weighted by Crippen LogP contribution is 2.23. The average molecular weight is 462 g/mol. The molecular weight excluding hydrogens is 426 g/mol. The fraction of sp³-hybridized carbons (Fsp3) is 0.542. The SMILES string of the molecule is CC(C)(C)OC(=O)N1CCCC1.CN.Clc1ncnc2c1CN(Cc1ccccc1)CC2. The quantitative estimate of drug-likeness (QED) is 0.672. The lowest BCUT2D eigenvalue weighted by molar-refractivity contribution is 0.0295. The second-order valence-electron chi connectivity index (χ2n) is 8.71. The van der Waals surface area contributed by atoms with Crippen molar-refractivity contribution in [2.75, 3.05) is 26.7 Å². The number of hydrogen-bond acceptors (Lipinski definition) is 6. The van der Waals surface area contributed by atoms with Crippen LogP contribution in [0.15, 0.2) is 36.7 Å². The van der Waals surface area contributed by atoms with Gasteiger partial charge in [-0.1, -0.05) is 41.9 Å². The lowest BCUT2D eigenvalue weighted by atomic mass is 10.1. The normalized spacial score (nSPS) is 15.6. The van der Waals surface area contributed by atoms with Crippen LogP contribution in [0, 0.1) is 0 Å². The Hall–Kier alpha value is -2.22. The summed E-state index contributed by atoms with van der Waals surface area (Å²) in [5.74, 6) is 0. The molecule has 0 unspecified atom stereocenters. The van der Waals surface area contributed by atoms with Gasteiger partial charge in [0.15, 0.2) is 0 Å². The number of likely N-dealkylation sites (tertiary alicyclic amines) is 1.